The van der Waals surface area contributed by atoms with E-state index in [2.05, 4.69) is 322 Å². The summed E-state index contributed by atoms with van der Waals surface area (Å²) in [6.45, 7) is -0.119. The molecule has 3 aliphatic carbocycles. The largest absolute Gasteiger partial charge is 0.339 e. The van der Waals surface area contributed by atoms with Gasteiger partial charge in [0, 0.05) is 72.8 Å². The number of fused-ring (bicyclic) bond motifs is 12. The number of hydrogen-bond acceptors (Lipinski definition) is 2. The van der Waals surface area contributed by atoms with E-state index >= 15 is 0 Å². The minimum Gasteiger partial charge on any atom is -0.339 e. The molecule has 3 saturated carbocycles. The molecule has 2 atom stereocenters. The van der Waals surface area contributed by atoms with E-state index in [4.69, 9.17) is 0 Å². The van der Waals surface area contributed by atoms with Gasteiger partial charge in [-0.25, -0.2) is 0 Å². The molecule has 0 saturated heterocycles. The van der Waals surface area contributed by atoms with Crippen LogP contribution in [0.3, 0.4) is 0 Å². The molecule has 0 spiro atoms. The van der Waals surface area contributed by atoms with Crippen molar-refractivity contribution in [1.29, 1.82) is 0 Å². The molecule has 0 amide bonds. The lowest BCUT2D eigenvalue weighted by Gasteiger charge is -2.55. The van der Waals surface area contributed by atoms with Crippen molar-refractivity contribution in [2.45, 2.75) is 89.5 Å². The van der Waals surface area contributed by atoms with Crippen LogP contribution in [0.4, 0.5) is 28.4 Å². The minimum absolute atomic E-state index is 0.119. The molecular weight excluding hydrogens is 1240 g/mol. The van der Waals surface area contributed by atoms with Crippen LogP contribution in [0, 0.1) is 23.7 Å². The highest BCUT2D eigenvalue weighted by atomic mass is 15.2. The molecule has 14 aromatic carbocycles. The van der Waals surface area contributed by atoms with Crippen molar-refractivity contribution in [3.05, 3.63) is 303 Å². The second-order valence-corrected chi connectivity index (χ2v) is 30.5. The van der Waals surface area contributed by atoms with E-state index in [1.807, 2.05) is 0 Å². The highest BCUT2D eigenvalue weighted by Crippen LogP contribution is 2.56. The van der Waals surface area contributed by atoms with Crippen LogP contribution in [-0.4, -0.2) is 21.9 Å². The Labute approximate surface area is 604 Å². The van der Waals surface area contributed by atoms with Crippen molar-refractivity contribution in [2.75, 3.05) is 9.80 Å². The van der Waals surface area contributed by atoms with Gasteiger partial charge in [-0.1, -0.05) is 307 Å². The smallest absolute Gasteiger partial charge is 0.252 e. The monoisotopic (exact) mass is 1320 g/mol. The molecule has 0 N–H and O–H groups in total. The van der Waals surface area contributed by atoms with Crippen molar-refractivity contribution in [2.24, 2.45) is 23.7 Å². The Morgan fingerprint density at radius 1 is 0.282 bits per heavy atom. The van der Waals surface area contributed by atoms with E-state index in [9.17, 15) is 0 Å². The summed E-state index contributed by atoms with van der Waals surface area (Å²) in [7, 11) is 0. The van der Waals surface area contributed by atoms with E-state index in [1.54, 1.807) is 0 Å². The first-order chi connectivity index (χ1) is 51.1. The number of anilines is 5. The van der Waals surface area contributed by atoms with Gasteiger partial charge in [-0.3, -0.25) is 0 Å². The van der Waals surface area contributed by atoms with Gasteiger partial charge in [-0.15, -0.1) is 0 Å². The number of para-hydroxylation sites is 5. The fraction of sp³-hybridized carbons (Fsp3) is 0.184. The summed E-state index contributed by atoms with van der Waals surface area (Å²) in [4.78, 5) is 5.91. The number of aromatic nitrogens is 2. The van der Waals surface area contributed by atoms with Crippen molar-refractivity contribution in [3.63, 3.8) is 0 Å². The molecule has 496 valence electrons. The van der Waals surface area contributed by atoms with E-state index in [0.717, 1.165) is 5.69 Å². The van der Waals surface area contributed by atoms with Crippen LogP contribution in [0.1, 0.15) is 83.5 Å². The molecule has 21 rings (SSSR count). The zero-order chi connectivity index (χ0) is 67.6. The summed E-state index contributed by atoms with van der Waals surface area (Å²) < 4.78 is 5.14. The summed E-state index contributed by atoms with van der Waals surface area (Å²) >= 11 is 0. The Hall–Kier alpha value is -11.1. The molecular formula is C98H81BN4. The molecule has 3 fully saturated rings. The van der Waals surface area contributed by atoms with Crippen LogP contribution in [0.15, 0.2) is 303 Å². The lowest BCUT2D eigenvalue weighted by molar-refractivity contribution is 0.0839. The third-order valence-electron chi connectivity index (χ3n) is 25.2. The molecule has 5 aliphatic rings. The molecule has 2 aliphatic heterocycles. The van der Waals surface area contributed by atoms with Crippen molar-refractivity contribution in [1.82, 2.24) is 9.13 Å². The van der Waals surface area contributed by atoms with Gasteiger partial charge in [0.05, 0.1) is 27.8 Å². The normalized spacial score (nSPS) is 17.7. The molecule has 2 aromatic heterocycles. The third kappa shape index (κ3) is 9.78. The average molecular weight is 1330 g/mol. The van der Waals surface area contributed by atoms with Gasteiger partial charge in [0.2, 0.25) is 0 Å². The molecule has 103 heavy (non-hydrogen) atoms. The summed E-state index contributed by atoms with van der Waals surface area (Å²) in [5.74, 6) is 2.43. The Bertz CT molecular complexity index is 5750. The van der Waals surface area contributed by atoms with Gasteiger partial charge in [0.1, 0.15) is 0 Å². The van der Waals surface area contributed by atoms with Crippen LogP contribution >= 0.6 is 0 Å². The van der Waals surface area contributed by atoms with E-state index in [0.29, 0.717) is 29.7 Å². The molecule has 5 heteroatoms. The summed E-state index contributed by atoms with van der Waals surface area (Å²) in [6.07, 6.45) is 17.2. The average Bonchev–Trinajstić information content (AvgIpc) is 0.906. The number of rotatable bonds is 10. The van der Waals surface area contributed by atoms with Crippen LogP contribution in [0.25, 0.3) is 121 Å². The Kier molecular flexibility index (Phi) is 14.6. The van der Waals surface area contributed by atoms with Gasteiger partial charge >= 0.3 is 0 Å². The fourth-order valence-corrected chi connectivity index (χ4v) is 20.8. The first kappa shape index (κ1) is 60.6. The van der Waals surface area contributed by atoms with Crippen LogP contribution in [-0.2, 0) is 0 Å². The molecule has 0 radical (unpaired) electrons. The van der Waals surface area contributed by atoms with Crippen LogP contribution in [0.2, 0.25) is 0 Å². The first-order valence-corrected chi connectivity index (χ1v) is 38.4. The van der Waals surface area contributed by atoms with Gasteiger partial charge < -0.3 is 18.9 Å². The SMILES string of the molecule is c1ccc(-c2cccc(-c3ccccc3)c2N2c3cc(-n4c5ccccc5c5ccccc54)ccc3B3c4ccc(-n5c6ccccc6c6ccccc65)cc4N(C4C(C5CCCCC5)CCCC4C4CCCCC4)c4cc(-c5ccc(-c6c7ccccc7cc7ccccc67)cc5)cc2c43)cc1. The topological polar surface area (TPSA) is 16.3 Å². The van der Waals surface area contributed by atoms with Crippen LogP contribution < -0.4 is 26.2 Å². The lowest BCUT2D eigenvalue weighted by atomic mass is 9.33. The predicted octanol–water partition coefficient (Wildman–Crippen LogP) is 24.6. The maximum absolute atomic E-state index is 3.12. The Balaban J connectivity index is 0.900. The van der Waals surface area contributed by atoms with Gasteiger partial charge in [-0.05, 0) is 175 Å². The highest BCUT2D eigenvalue weighted by Gasteiger charge is 2.51. The van der Waals surface area contributed by atoms with Crippen molar-refractivity contribution in [3.8, 4) is 55.9 Å². The summed E-state index contributed by atoms with van der Waals surface area (Å²) in [6, 6.07) is 117. The third-order valence-corrected chi connectivity index (χ3v) is 25.2. The molecule has 4 nitrogen and oxygen atoms in total. The number of hydrogen-bond donors (Lipinski definition) is 0. The van der Waals surface area contributed by atoms with Gasteiger partial charge in [-0.2, -0.15) is 0 Å². The zero-order valence-electron chi connectivity index (χ0n) is 58.3. The molecule has 16 aromatic rings. The number of nitrogens with zero attached hydrogens (tertiary/aromatic N) is 4. The maximum atomic E-state index is 3.12. The van der Waals surface area contributed by atoms with Gasteiger partial charge in [0.15, 0.2) is 0 Å². The Morgan fingerprint density at radius 2 is 0.709 bits per heavy atom. The quantitative estimate of drug-likeness (QED) is 0.100. The van der Waals surface area contributed by atoms with E-state index < -0.39 is 0 Å². The second kappa shape index (κ2) is 24.8. The van der Waals surface area contributed by atoms with Crippen molar-refractivity contribution < 1.29 is 0 Å². The maximum Gasteiger partial charge on any atom is 0.252 e. The molecule has 0 bridgehead atoms. The van der Waals surface area contributed by atoms with E-state index in [1.165, 1.54) is 244 Å². The highest BCUT2D eigenvalue weighted by molar-refractivity contribution is 7.00. The zero-order valence-corrected chi connectivity index (χ0v) is 58.3. The van der Waals surface area contributed by atoms with Gasteiger partial charge in [0.25, 0.3) is 6.71 Å². The predicted molar refractivity (Wildman–Crippen MR) is 438 cm³/mol. The fourth-order valence-electron chi connectivity index (χ4n) is 20.8. The molecule has 2 unspecified atom stereocenters. The van der Waals surface area contributed by atoms with E-state index in [-0.39, 0.29) is 6.71 Å². The minimum atomic E-state index is -0.119. The summed E-state index contributed by atoms with van der Waals surface area (Å²) in [5, 5.41) is 10.2. The van der Waals surface area contributed by atoms with Crippen molar-refractivity contribution >= 4 is 117 Å². The summed E-state index contributed by atoms with van der Waals surface area (Å²) in [5.41, 5.74) is 27.5. The standard InChI is InChI=1S/C98H81BN4/c1-5-27-65(28-6-1)77-43-25-44-78(66-29-7-2-8-30-66)97(77)102-91-62-73(100-87-47-21-17-39-81(87)82-40-18-22-48-88(82)100)55-57-85(91)99-86-58-56-74(101-89-49-23-19-41-83(89)84-42-20-24-50-90(84)101)63-92(86)103(98-79(67-31-9-3-10-32-67)45-26-46-80(98)68-33-11-4-12-34-68)94-61-72(60-93(102)96(94)99)64-51-53-69(54-52-64)95-75-37-15-13-35-70(75)59-71-36-14-16-38-76(71)95/h1-2,5-8,13-25,27-30,35-44,47-63,67-68,79-80,98H,3-4,9-12,26,31-34,45-46H2. The lowest BCUT2D eigenvalue weighted by Crippen LogP contribution is -2.64. The molecule has 4 heterocycles. The first-order valence-electron chi connectivity index (χ1n) is 38.4. The second-order valence-electron chi connectivity index (χ2n) is 30.5. The number of benzene rings is 14. The van der Waals surface area contributed by atoms with Crippen LogP contribution in [0.5, 0.6) is 0 Å². The Morgan fingerprint density at radius 3 is 1.21 bits per heavy atom.